The third kappa shape index (κ3) is 3.01. The van der Waals surface area contributed by atoms with E-state index in [0.717, 1.165) is 30.9 Å². The van der Waals surface area contributed by atoms with Crippen LogP contribution >= 0.6 is 11.6 Å². The molecule has 2 atom stereocenters. The number of halogens is 1. The van der Waals surface area contributed by atoms with Crippen LogP contribution in [0.15, 0.2) is 24.3 Å². The van der Waals surface area contributed by atoms with Gasteiger partial charge in [0, 0.05) is 17.2 Å². The normalized spacial score (nSPS) is 27.1. The summed E-state index contributed by atoms with van der Waals surface area (Å²) in [6.07, 6.45) is 8.70. The van der Waals surface area contributed by atoms with Crippen molar-refractivity contribution in [2.45, 2.75) is 63.4 Å². The molecule has 0 radical (unpaired) electrons. The molecule has 0 heterocycles. The Hall–Kier alpha value is -0.890. The van der Waals surface area contributed by atoms with E-state index in [1.165, 1.54) is 32.1 Å². The van der Waals surface area contributed by atoms with E-state index in [9.17, 15) is 0 Å². The summed E-state index contributed by atoms with van der Waals surface area (Å²) in [4.78, 5) is 0. The lowest BCUT2D eigenvalue weighted by Crippen LogP contribution is -2.58. The maximum Gasteiger partial charge on any atom is 0.120 e. The lowest BCUT2D eigenvalue weighted by Gasteiger charge is -2.55. The molecule has 1 aromatic rings. The fourth-order valence-electron chi connectivity index (χ4n) is 3.71. The molecule has 1 spiro atoms. The first kappa shape index (κ1) is 15.0. The minimum Gasteiger partial charge on any atom is -0.494 e. The van der Waals surface area contributed by atoms with Crippen LogP contribution in [0.3, 0.4) is 0 Å². The van der Waals surface area contributed by atoms with Crippen LogP contribution in [0.4, 0.5) is 0 Å². The summed E-state index contributed by atoms with van der Waals surface area (Å²) in [7, 11) is 0. The summed E-state index contributed by atoms with van der Waals surface area (Å²) in [6.45, 7) is 2.88. The molecule has 0 aliphatic heterocycles. The van der Waals surface area contributed by atoms with Crippen LogP contribution in [0.2, 0.25) is 0 Å². The molecule has 21 heavy (non-hydrogen) atoms. The molecule has 116 valence electrons. The number of rotatable bonds is 5. The summed E-state index contributed by atoms with van der Waals surface area (Å²) >= 11 is 6.53. The second-order valence-electron chi connectivity index (χ2n) is 6.42. The zero-order valence-corrected chi connectivity index (χ0v) is 13.6. The molecule has 2 nitrogen and oxygen atoms in total. The standard InChI is InChI=1S/C18H25ClO2/c1-2-12-20-14-6-8-15(9-7-14)21-17-13-16(19)18(17)10-4-3-5-11-18/h6-9,16-17H,2-5,10-13H2,1H3. The second kappa shape index (κ2) is 6.48. The minimum atomic E-state index is 0.233. The molecule has 0 bridgehead atoms. The maximum atomic E-state index is 6.53. The van der Waals surface area contributed by atoms with E-state index in [1.54, 1.807) is 0 Å². The highest BCUT2D eigenvalue weighted by Gasteiger charge is 2.55. The molecule has 3 rings (SSSR count). The molecule has 0 saturated heterocycles. The highest BCUT2D eigenvalue weighted by atomic mass is 35.5. The predicted molar refractivity (Wildman–Crippen MR) is 86.4 cm³/mol. The first-order valence-corrected chi connectivity index (χ1v) is 8.72. The van der Waals surface area contributed by atoms with Gasteiger partial charge in [0.15, 0.2) is 0 Å². The van der Waals surface area contributed by atoms with Crippen molar-refractivity contribution in [3.05, 3.63) is 24.3 Å². The Labute approximate surface area is 132 Å². The van der Waals surface area contributed by atoms with Gasteiger partial charge in [-0.15, -0.1) is 11.6 Å². The smallest absolute Gasteiger partial charge is 0.120 e. The van der Waals surface area contributed by atoms with Crippen LogP contribution in [-0.4, -0.2) is 18.1 Å². The molecule has 2 aliphatic carbocycles. The fraction of sp³-hybridized carbons (Fsp3) is 0.667. The van der Waals surface area contributed by atoms with Gasteiger partial charge in [-0.05, 0) is 43.5 Å². The minimum absolute atomic E-state index is 0.233. The molecular formula is C18H25ClO2. The maximum absolute atomic E-state index is 6.53. The Morgan fingerprint density at radius 2 is 1.76 bits per heavy atom. The van der Waals surface area contributed by atoms with Crippen molar-refractivity contribution >= 4 is 11.6 Å². The number of alkyl halides is 1. The van der Waals surface area contributed by atoms with Crippen LogP contribution in [0.25, 0.3) is 0 Å². The Kier molecular flexibility index (Phi) is 4.63. The van der Waals surface area contributed by atoms with Gasteiger partial charge in [0.05, 0.1) is 6.61 Å². The predicted octanol–water partition coefficient (Wildman–Crippen LogP) is 5.18. The molecule has 2 aliphatic rings. The van der Waals surface area contributed by atoms with Crippen LogP contribution in [0, 0.1) is 5.41 Å². The van der Waals surface area contributed by atoms with Gasteiger partial charge in [-0.1, -0.05) is 26.2 Å². The number of hydrogen-bond donors (Lipinski definition) is 0. The lowest BCUT2D eigenvalue weighted by molar-refractivity contribution is -0.0650. The zero-order chi connectivity index (χ0) is 14.7. The van der Waals surface area contributed by atoms with E-state index in [-0.39, 0.29) is 5.41 Å². The Morgan fingerprint density at radius 1 is 1.10 bits per heavy atom. The van der Waals surface area contributed by atoms with Crippen LogP contribution in [0.5, 0.6) is 11.5 Å². The van der Waals surface area contributed by atoms with Gasteiger partial charge in [-0.3, -0.25) is 0 Å². The Morgan fingerprint density at radius 3 is 2.38 bits per heavy atom. The van der Waals surface area contributed by atoms with Gasteiger partial charge in [-0.25, -0.2) is 0 Å². The first-order valence-electron chi connectivity index (χ1n) is 8.28. The third-order valence-corrected chi connectivity index (χ3v) is 5.66. The molecule has 0 N–H and O–H groups in total. The molecule has 1 aromatic carbocycles. The van der Waals surface area contributed by atoms with Gasteiger partial charge >= 0.3 is 0 Å². The van der Waals surface area contributed by atoms with Gasteiger partial charge in [-0.2, -0.15) is 0 Å². The largest absolute Gasteiger partial charge is 0.494 e. The van der Waals surface area contributed by atoms with Gasteiger partial charge < -0.3 is 9.47 Å². The fourth-order valence-corrected chi connectivity index (χ4v) is 4.23. The second-order valence-corrected chi connectivity index (χ2v) is 6.95. The number of hydrogen-bond acceptors (Lipinski definition) is 2. The van der Waals surface area contributed by atoms with E-state index >= 15 is 0 Å². The molecule has 2 fully saturated rings. The van der Waals surface area contributed by atoms with Crippen molar-refractivity contribution in [3.8, 4) is 11.5 Å². The van der Waals surface area contributed by atoms with Crippen molar-refractivity contribution in [3.63, 3.8) is 0 Å². The van der Waals surface area contributed by atoms with Crippen LogP contribution in [-0.2, 0) is 0 Å². The summed E-state index contributed by atoms with van der Waals surface area (Å²) in [5.41, 5.74) is 0.233. The average molecular weight is 309 g/mol. The quantitative estimate of drug-likeness (QED) is 0.697. The Balaban J connectivity index is 1.61. The average Bonchev–Trinajstić information content (AvgIpc) is 2.54. The summed E-state index contributed by atoms with van der Waals surface area (Å²) in [6, 6.07) is 8.02. The molecule has 2 saturated carbocycles. The lowest BCUT2D eigenvalue weighted by atomic mass is 9.58. The van der Waals surface area contributed by atoms with E-state index < -0.39 is 0 Å². The summed E-state index contributed by atoms with van der Waals surface area (Å²) in [5, 5.41) is 0.301. The summed E-state index contributed by atoms with van der Waals surface area (Å²) in [5.74, 6) is 1.86. The molecule has 0 aromatic heterocycles. The molecule has 0 amide bonds. The van der Waals surface area contributed by atoms with E-state index in [4.69, 9.17) is 21.1 Å². The van der Waals surface area contributed by atoms with Crippen LogP contribution in [0.1, 0.15) is 51.9 Å². The summed E-state index contributed by atoms with van der Waals surface area (Å²) < 4.78 is 11.8. The third-order valence-electron chi connectivity index (χ3n) is 5.05. The first-order chi connectivity index (χ1) is 10.2. The van der Waals surface area contributed by atoms with E-state index in [0.29, 0.717) is 11.5 Å². The highest BCUT2D eigenvalue weighted by Crippen LogP contribution is 2.55. The molecular weight excluding hydrogens is 284 g/mol. The SMILES string of the molecule is CCCOc1ccc(OC2CC(Cl)C23CCCCC3)cc1. The topological polar surface area (TPSA) is 18.5 Å². The Bertz CT molecular complexity index is 451. The highest BCUT2D eigenvalue weighted by molar-refractivity contribution is 6.21. The van der Waals surface area contributed by atoms with E-state index in [1.807, 2.05) is 24.3 Å². The zero-order valence-electron chi connectivity index (χ0n) is 12.8. The number of benzene rings is 1. The van der Waals surface area contributed by atoms with Crippen molar-refractivity contribution in [2.75, 3.05) is 6.61 Å². The van der Waals surface area contributed by atoms with Crippen molar-refractivity contribution in [1.82, 2.24) is 0 Å². The van der Waals surface area contributed by atoms with Gasteiger partial charge in [0.1, 0.15) is 17.6 Å². The molecule has 2 unspecified atom stereocenters. The van der Waals surface area contributed by atoms with Crippen molar-refractivity contribution in [1.29, 1.82) is 0 Å². The van der Waals surface area contributed by atoms with Gasteiger partial charge in [0.25, 0.3) is 0 Å². The van der Waals surface area contributed by atoms with Gasteiger partial charge in [0.2, 0.25) is 0 Å². The number of ether oxygens (including phenoxy) is 2. The van der Waals surface area contributed by atoms with Crippen molar-refractivity contribution < 1.29 is 9.47 Å². The molecule has 3 heteroatoms. The van der Waals surface area contributed by atoms with E-state index in [2.05, 4.69) is 6.92 Å². The van der Waals surface area contributed by atoms with Crippen LogP contribution < -0.4 is 9.47 Å². The monoisotopic (exact) mass is 308 g/mol. The van der Waals surface area contributed by atoms with Crippen molar-refractivity contribution in [2.24, 2.45) is 5.41 Å².